The van der Waals surface area contributed by atoms with Crippen molar-refractivity contribution in [2.45, 2.75) is 59.9 Å². The number of likely N-dealkylation sites (tertiary alicyclic amines) is 1. The fourth-order valence-corrected chi connectivity index (χ4v) is 3.26. The van der Waals surface area contributed by atoms with Gasteiger partial charge in [0.2, 0.25) is 0 Å². The zero-order valence-corrected chi connectivity index (χ0v) is 16.0. The molecule has 0 saturated carbocycles. The second-order valence-electron chi connectivity index (χ2n) is 7.37. The lowest BCUT2D eigenvalue weighted by atomic mass is 9.97. The van der Waals surface area contributed by atoms with Gasteiger partial charge in [-0.25, -0.2) is 4.99 Å². The summed E-state index contributed by atoms with van der Waals surface area (Å²) >= 11 is 0. The number of rotatable bonds is 7. The quantitative estimate of drug-likeness (QED) is 0.473. The Balaban J connectivity index is 2.01. The van der Waals surface area contributed by atoms with Gasteiger partial charge < -0.3 is 14.8 Å². The molecule has 1 atom stereocenters. The van der Waals surface area contributed by atoms with E-state index in [1.807, 2.05) is 18.5 Å². The molecule has 1 N–H and O–H groups in total. The van der Waals surface area contributed by atoms with E-state index in [0.717, 1.165) is 49.1 Å². The number of nitrogens with zero attached hydrogens (tertiary/aromatic N) is 5. The smallest absolute Gasteiger partial charge is 0.194 e. The molecule has 1 fully saturated rings. The van der Waals surface area contributed by atoms with Crippen LogP contribution in [-0.2, 0) is 13.6 Å². The molecule has 6 nitrogen and oxygen atoms in total. The van der Waals surface area contributed by atoms with E-state index >= 15 is 0 Å². The third-order valence-corrected chi connectivity index (χ3v) is 4.76. The van der Waals surface area contributed by atoms with Gasteiger partial charge >= 0.3 is 0 Å². The lowest BCUT2D eigenvalue weighted by Crippen LogP contribution is -2.40. The van der Waals surface area contributed by atoms with Crippen molar-refractivity contribution in [3.05, 3.63) is 11.6 Å². The van der Waals surface area contributed by atoms with E-state index in [9.17, 15) is 0 Å². The lowest BCUT2D eigenvalue weighted by Gasteiger charge is -2.22. The van der Waals surface area contributed by atoms with E-state index in [0.29, 0.717) is 6.54 Å². The highest BCUT2D eigenvalue weighted by Crippen LogP contribution is 2.23. The third-order valence-electron chi connectivity index (χ3n) is 4.76. The van der Waals surface area contributed by atoms with Crippen molar-refractivity contribution in [3.8, 4) is 0 Å². The predicted molar refractivity (Wildman–Crippen MR) is 98.9 cm³/mol. The molecule has 1 saturated heterocycles. The molecule has 0 amide bonds. The predicted octanol–water partition coefficient (Wildman–Crippen LogP) is 2.74. The molecule has 1 aliphatic rings. The van der Waals surface area contributed by atoms with E-state index in [1.165, 1.54) is 25.7 Å². The summed E-state index contributed by atoms with van der Waals surface area (Å²) in [6.45, 7) is 12.6. The van der Waals surface area contributed by atoms with Gasteiger partial charge in [0.15, 0.2) is 11.8 Å². The maximum absolute atomic E-state index is 4.84. The molecule has 2 rings (SSSR count). The Morgan fingerprint density at radius 1 is 1.38 bits per heavy atom. The van der Waals surface area contributed by atoms with Crippen LogP contribution in [0.15, 0.2) is 4.99 Å². The number of guanidine groups is 1. The van der Waals surface area contributed by atoms with Crippen molar-refractivity contribution in [1.82, 2.24) is 25.0 Å². The van der Waals surface area contributed by atoms with E-state index in [2.05, 4.69) is 41.2 Å². The van der Waals surface area contributed by atoms with E-state index in [1.54, 1.807) is 0 Å². The largest absolute Gasteiger partial charge is 0.356 e. The van der Waals surface area contributed by atoms with Crippen LogP contribution in [0.5, 0.6) is 0 Å². The van der Waals surface area contributed by atoms with Crippen molar-refractivity contribution < 1.29 is 0 Å². The van der Waals surface area contributed by atoms with Crippen molar-refractivity contribution in [2.75, 3.05) is 19.6 Å². The summed E-state index contributed by atoms with van der Waals surface area (Å²) in [4.78, 5) is 7.27. The van der Waals surface area contributed by atoms with Crippen LogP contribution in [0.4, 0.5) is 0 Å². The fourth-order valence-electron chi connectivity index (χ4n) is 3.26. The van der Waals surface area contributed by atoms with Gasteiger partial charge in [0.25, 0.3) is 0 Å². The molecule has 1 aliphatic heterocycles. The Morgan fingerprint density at radius 3 is 2.79 bits per heavy atom. The molecule has 0 aromatic carbocycles. The molecule has 136 valence electrons. The van der Waals surface area contributed by atoms with Gasteiger partial charge in [-0.15, -0.1) is 10.2 Å². The van der Waals surface area contributed by atoms with Crippen molar-refractivity contribution in [3.63, 3.8) is 0 Å². The minimum atomic E-state index is 0.581. The number of nitrogens with one attached hydrogen (secondary N) is 1. The molecule has 1 aromatic heterocycles. The van der Waals surface area contributed by atoms with Gasteiger partial charge in [0, 0.05) is 26.7 Å². The average molecular weight is 335 g/mol. The highest BCUT2D eigenvalue weighted by Gasteiger charge is 2.25. The highest BCUT2D eigenvalue weighted by molar-refractivity contribution is 5.80. The standard InChI is InChI=1S/C18H34N6/c1-6-7-9-19-18(20-12-17-22-21-15(4)23(17)5)24-10-8-16(13-24)11-14(2)3/h14,16H,6-13H2,1-5H3,(H,19,20). The summed E-state index contributed by atoms with van der Waals surface area (Å²) in [5.41, 5.74) is 0. The number of aromatic nitrogens is 3. The molecule has 1 unspecified atom stereocenters. The molecule has 24 heavy (non-hydrogen) atoms. The first-order valence-electron chi connectivity index (χ1n) is 9.39. The molecule has 6 heteroatoms. The van der Waals surface area contributed by atoms with Gasteiger partial charge in [-0.1, -0.05) is 27.2 Å². The van der Waals surface area contributed by atoms with Crippen molar-refractivity contribution >= 4 is 5.96 Å². The summed E-state index contributed by atoms with van der Waals surface area (Å²) in [7, 11) is 2.00. The van der Waals surface area contributed by atoms with Crippen LogP contribution in [0.1, 0.15) is 58.1 Å². The minimum Gasteiger partial charge on any atom is -0.356 e. The molecule has 0 aliphatic carbocycles. The first-order valence-corrected chi connectivity index (χ1v) is 9.39. The van der Waals surface area contributed by atoms with Gasteiger partial charge in [0.05, 0.1) is 0 Å². The lowest BCUT2D eigenvalue weighted by molar-refractivity contribution is 0.402. The van der Waals surface area contributed by atoms with Gasteiger partial charge in [-0.3, -0.25) is 0 Å². The van der Waals surface area contributed by atoms with Crippen LogP contribution < -0.4 is 5.32 Å². The summed E-state index contributed by atoms with van der Waals surface area (Å²) in [6.07, 6.45) is 4.95. The molecule has 0 bridgehead atoms. The third kappa shape index (κ3) is 5.21. The summed E-state index contributed by atoms with van der Waals surface area (Å²) in [5.74, 6) is 4.44. The highest BCUT2D eigenvalue weighted by atomic mass is 15.3. The number of unbranched alkanes of at least 4 members (excludes halogenated alkanes) is 1. The number of hydrogen-bond acceptors (Lipinski definition) is 3. The SMILES string of the molecule is CCCCNC(=NCc1nnc(C)n1C)N1CCC(CC(C)C)C1. The molecular weight excluding hydrogens is 300 g/mol. The number of aliphatic imine (C=N–C) groups is 1. The second-order valence-corrected chi connectivity index (χ2v) is 7.37. The van der Waals surface area contributed by atoms with E-state index < -0.39 is 0 Å². The van der Waals surface area contributed by atoms with Crippen LogP contribution >= 0.6 is 0 Å². The maximum atomic E-state index is 4.84. The average Bonchev–Trinajstić information content (AvgIpc) is 3.11. The first-order chi connectivity index (χ1) is 11.5. The van der Waals surface area contributed by atoms with Crippen LogP contribution in [0.3, 0.4) is 0 Å². The monoisotopic (exact) mass is 334 g/mol. The summed E-state index contributed by atoms with van der Waals surface area (Å²) in [6, 6.07) is 0. The number of hydrogen-bond donors (Lipinski definition) is 1. The zero-order valence-electron chi connectivity index (χ0n) is 16.0. The van der Waals surface area contributed by atoms with Crippen LogP contribution in [0, 0.1) is 18.8 Å². The Hall–Kier alpha value is -1.59. The van der Waals surface area contributed by atoms with Crippen molar-refractivity contribution in [2.24, 2.45) is 23.9 Å². The van der Waals surface area contributed by atoms with Crippen LogP contribution in [0.2, 0.25) is 0 Å². The van der Waals surface area contributed by atoms with E-state index in [-0.39, 0.29) is 0 Å². The topological polar surface area (TPSA) is 58.3 Å². The maximum Gasteiger partial charge on any atom is 0.194 e. The van der Waals surface area contributed by atoms with Crippen LogP contribution in [0.25, 0.3) is 0 Å². The molecular formula is C18H34N6. The van der Waals surface area contributed by atoms with Gasteiger partial charge in [0.1, 0.15) is 12.4 Å². The number of aryl methyl sites for hydroxylation is 1. The first kappa shape index (κ1) is 18.7. The molecule has 0 radical (unpaired) electrons. The zero-order chi connectivity index (χ0) is 17.5. The van der Waals surface area contributed by atoms with Crippen molar-refractivity contribution in [1.29, 1.82) is 0 Å². The summed E-state index contributed by atoms with van der Waals surface area (Å²) < 4.78 is 2.01. The Kier molecular flexibility index (Phi) is 7.06. The van der Waals surface area contributed by atoms with Gasteiger partial charge in [-0.2, -0.15) is 0 Å². The Bertz CT molecular complexity index is 534. The second kappa shape index (κ2) is 9.04. The minimum absolute atomic E-state index is 0.581. The molecule has 1 aromatic rings. The van der Waals surface area contributed by atoms with E-state index in [4.69, 9.17) is 4.99 Å². The molecule has 0 spiro atoms. The normalized spacial score (nSPS) is 18.7. The Labute approximate surface area is 146 Å². The summed E-state index contributed by atoms with van der Waals surface area (Å²) in [5, 5.41) is 11.9. The Morgan fingerprint density at radius 2 is 2.17 bits per heavy atom. The fraction of sp³-hybridized carbons (Fsp3) is 0.833. The van der Waals surface area contributed by atoms with Gasteiger partial charge in [-0.05, 0) is 38.0 Å². The van der Waals surface area contributed by atoms with Crippen LogP contribution in [-0.4, -0.2) is 45.3 Å². The molecule has 2 heterocycles.